The molecule has 0 aliphatic rings. The first-order chi connectivity index (χ1) is 8.67. The maximum Gasteiger partial charge on any atom is 0.257 e. The molecule has 1 amide bonds. The lowest BCUT2D eigenvalue weighted by Crippen LogP contribution is -2.29. The van der Waals surface area contributed by atoms with E-state index in [4.69, 9.17) is 10.5 Å². The van der Waals surface area contributed by atoms with Crippen molar-refractivity contribution in [2.24, 2.45) is 5.73 Å². The third kappa shape index (κ3) is 5.06. The second kappa shape index (κ2) is 8.11. The quantitative estimate of drug-likeness (QED) is 0.807. The van der Waals surface area contributed by atoms with Gasteiger partial charge in [-0.3, -0.25) is 4.79 Å². The average molecular weight is 315 g/mol. The summed E-state index contributed by atoms with van der Waals surface area (Å²) >= 11 is 3.40. The number of nitrogens with two attached hydrogens (primary N) is 1. The van der Waals surface area contributed by atoms with Crippen LogP contribution in [0.3, 0.4) is 0 Å². The Hall–Kier alpha value is -1.07. The molecule has 1 rings (SSSR count). The van der Waals surface area contributed by atoms with Crippen molar-refractivity contribution in [2.75, 3.05) is 19.7 Å². The van der Waals surface area contributed by atoms with Gasteiger partial charge in [0.1, 0.15) is 5.75 Å². The van der Waals surface area contributed by atoms with Gasteiger partial charge in [-0.15, -0.1) is 0 Å². The lowest BCUT2D eigenvalue weighted by atomic mass is 10.1. The standard InChI is InChI=1S/C13H19BrN2O2/c1-2-7-16-13(17)9-18-12-4-3-11(14)8-10(12)5-6-15/h3-4,8H,2,5-7,9,15H2,1H3,(H,16,17). The van der Waals surface area contributed by atoms with E-state index >= 15 is 0 Å². The van der Waals surface area contributed by atoms with Crippen molar-refractivity contribution >= 4 is 21.8 Å². The van der Waals surface area contributed by atoms with Gasteiger partial charge in [0.15, 0.2) is 6.61 Å². The van der Waals surface area contributed by atoms with E-state index < -0.39 is 0 Å². The maximum atomic E-state index is 11.4. The van der Waals surface area contributed by atoms with E-state index in [9.17, 15) is 4.79 Å². The predicted molar refractivity (Wildman–Crippen MR) is 75.7 cm³/mol. The molecule has 1 aromatic carbocycles. The molecule has 4 nitrogen and oxygen atoms in total. The van der Waals surface area contributed by atoms with Crippen molar-refractivity contribution in [1.82, 2.24) is 5.32 Å². The van der Waals surface area contributed by atoms with Gasteiger partial charge in [-0.2, -0.15) is 0 Å². The lowest BCUT2D eigenvalue weighted by molar-refractivity contribution is -0.123. The molecule has 0 bridgehead atoms. The summed E-state index contributed by atoms with van der Waals surface area (Å²) in [6.45, 7) is 3.28. The van der Waals surface area contributed by atoms with Gasteiger partial charge in [-0.05, 0) is 43.1 Å². The number of rotatable bonds is 7. The summed E-state index contributed by atoms with van der Waals surface area (Å²) in [6.07, 6.45) is 1.65. The third-order valence-corrected chi connectivity index (χ3v) is 2.86. The zero-order chi connectivity index (χ0) is 13.4. The molecule has 0 spiro atoms. The van der Waals surface area contributed by atoms with Gasteiger partial charge in [0.05, 0.1) is 0 Å². The van der Waals surface area contributed by atoms with Gasteiger partial charge in [-0.25, -0.2) is 0 Å². The summed E-state index contributed by atoms with van der Waals surface area (Å²) < 4.78 is 6.50. The van der Waals surface area contributed by atoms with Crippen LogP contribution in [0.4, 0.5) is 0 Å². The van der Waals surface area contributed by atoms with Gasteiger partial charge >= 0.3 is 0 Å². The number of nitrogens with one attached hydrogen (secondary N) is 1. The molecule has 0 aromatic heterocycles. The minimum atomic E-state index is -0.0986. The number of hydrogen-bond donors (Lipinski definition) is 2. The lowest BCUT2D eigenvalue weighted by Gasteiger charge is -2.11. The maximum absolute atomic E-state index is 11.4. The van der Waals surface area contributed by atoms with Gasteiger partial charge in [0.25, 0.3) is 5.91 Å². The van der Waals surface area contributed by atoms with E-state index in [1.807, 2.05) is 25.1 Å². The Morgan fingerprint density at radius 3 is 2.94 bits per heavy atom. The van der Waals surface area contributed by atoms with Crippen LogP contribution in [0.25, 0.3) is 0 Å². The van der Waals surface area contributed by atoms with Gasteiger partial charge in [-0.1, -0.05) is 22.9 Å². The monoisotopic (exact) mass is 314 g/mol. The molecule has 3 N–H and O–H groups in total. The van der Waals surface area contributed by atoms with E-state index in [0.29, 0.717) is 13.1 Å². The molecular formula is C13H19BrN2O2. The Bertz CT molecular complexity index is 397. The summed E-state index contributed by atoms with van der Waals surface area (Å²) in [7, 11) is 0. The zero-order valence-electron chi connectivity index (χ0n) is 10.5. The average Bonchev–Trinajstić information content (AvgIpc) is 2.36. The third-order valence-electron chi connectivity index (χ3n) is 2.37. The SMILES string of the molecule is CCCNC(=O)COc1ccc(Br)cc1CCN. The molecule has 1 aromatic rings. The largest absolute Gasteiger partial charge is 0.483 e. The highest BCUT2D eigenvalue weighted by atomic mass is 79.9. The summed E-state index contributed by atoms with van der Waals surface area (Å²) in [5.74, 6) is 0.619. The first kappa shape index (κ1) is 15.0. The highest BCUT2D eigenvalue weighted by molar-refractivity contribution is 9.10. The number of hydrogen-bond acceptors (Lipinski definition) is 3. The number of benzene rings is 1. The highest BCUT2D eigenvalue weighted by Gasteiger charge is 2.06. The second-order valence-electron chi connectivity index (χ2n) is 3.93. The van der Waals surface area contributed by atoms with Crippen LogP contribution in [0, 0.1) is 0 Å². The topological polar surface area (TPSA) is 64.3 Å². The molecule has 18 heavy (non-hydrogen) atoms. The number of ether oxygens (including phenoxy) is 1. The summed E-state index contributed by atoms with van der Waals surface area (Å²) in [4.78, 5) is 11.4. The molecule has 0 atom stereocenters. The van der Waals surface area contributed by atoms with Gasteiger partial charge < -0.3 is 15.8 Å². The van der Waals surface area contributed by atoms with E-state index in [1.54, 1.807) is 0 Å². The Labute approximate surface area is 116 Å². The fraction of sp³-hybridized carbons (Fsp3) is 0.462. The Morgan fingerprint density at radius 2 is 2.28 bits per heavy atom. The fourth-order valence-electron chi connectivity index (χ4n) is 1.50. The van der Waals surface area contributed by atoms with E-state index in [0.717, 1.165) is 28.6 Å². The first-order valence-corrected chi connectivity index (χ1v) is 6.84. The van der Waals surface area contributed by atoms with Crippen LogP contribution in [0.1, 0.15) is 18.9 Å². The first-order valence-electron chi connectivity index (χ1n) is 6.05. The minimum absolute atomic E-state index is 0.0409. The van der Waals surface area contributed by atoms with Crippen LogP contribution < -0.4 is 15.8 Å². The molecule has 0 aliphatic carbocycles. The molecule has 0 aliphatic heterocycles. The van der Waals surface area contributed by atoms with Crippen molar-refractivity contribution in [1.29, 1.82) is 0 Å². The summed E-state index contributed by atoms with van der Waals surface area (Å²) in [6, 6.07) is 5.70. The number of carbonyl (C=O) groups is 1. The second-order valence-corrected chi connectivity index (χ2v) is 4.85. The van der Waals surface area contributed by atoms with E-state index in [1.165, 1.54) is 0 Å². The van der Waals surface area contributed by atoms with Crippen molar-refractivity contribution in [3.8, 4) is 5.75 Å². The van der Waals surface area contributed by atoms with Crippen molar-refractivity contribution in [2.45, 2.75) is 19.8 Å². The van der Waals surface area contributed by atoms with Crippen molar-refractivity contribution < 1.29 is 9.53 Å². The summed E-state index contributed by atoms with van der Waals surface area (Å²) in [5, 5.41) is 2.77. The number of amides is 1. The van der Waals surface area contributed by atoms with Crippen LogP contribution in [0.5, 0.6) is 5.75 Å². The molecule has 0 radical (unpaired) electrons. The van der Waals surface area contributed by atoms with E-state index in [-0.39, 0.29) is 12.5 Å². The molecule has 100 valence electrons. The molecule has 0 saturated heterocycles. The fourth-order valence-corrected chi connectivity index (χ4v) is 1.91. The predicted octanol–water partition coefficient (Wildman–Crippen LogP) is 1.86. The van der Waals surface area contributed by atoms with Crippen LogP contribution in [-0.4, -0.2) is 25.6 Å². The smallest absolute Gasteiger partial charge is 0.257 e. The van der Waals surface area contributed by atoms with Crippen LogP contribution >= 0.6 is 15.9 Å². The Kier molecular flexibility index (Phi) is 6.75. The Morgan fingerprint density at radius 1 is 1.50 bits per heavy atom. The molecule has 0 fully saturated rings. The van der Waals surface area contributed by atoms with Crippen LogP contribution in [0.2, 0.25) is 0 Å². The van der Waals surface area contributed by atoms with Crippen molar-refractivity contribution in [3.63, 3.8) is 0 Å². The zero-order valence-corrected chi connectivity index (χ0v) is 12.1. The van der Waals surface area contributed by atoms with Crippen LogP contribution in [-0.2, 0) is 11.2 Å². The van der Waals surface area contributed by atoms with Gasteiger partial charge in [0, 0.05) is 11.0 Å². The molecule has 0 saturated carbocycles. The molecule has 0 unspecified atom stereocenters. The number of carbonyl (C=O) groups excluding carboxylic acids is 1. The Balaban J connectivity index is 2.58. The normalized spacial score (nSPS) is 10.2. The number of halogens is 1. The molecule has 0 heterocycles. The minimum Gasteiger partial charge on any atom is -0.483 e. The molecule has 5 heteroatoms. The molecular weight excluding hydrogens is 296 g/mol. The van der Waals surface area contributed by atoms with Crippen molar-refractivity contribution in [3.05, 3.63) is 28.2 Å². The van der Waals surface area contributed by atoms with Gasteiger partial charge in [0.2, 0.25) is 0 Å². The van der Waals surface area contributed by atoms with Crippen LogP contribution in [0.15, 0.2) is 22.7 Å². The summed E-state index contributed by atoms with van der Waals surface area (Å²) in [5.41, 5.74) is 6.56. The highest BCUT2D eigenvalue weighted by Crippen LogP contribution is 2.23. The van der Waals surface area contributed by atoms with E-state index in [2.05, 4.69) is 21.2 Å².